The van der Waals surface area contributed by atoms with Crippen LogP contribution in [0.15, 0.2) is 18.2 Å². The van der Waals surface area contributed by atoms with Gasteiger partial charge in [0.15, 0.2) is 0 Å². The first-order valence-electron chi connectivity index (χ1n) is 4.72. The van der Waals surface area contributed by atoms with Gasteiger partial charge in [-0.3, -0.25) is 9.59 Å². The standard InChI is InChI=1S/C11H9F2NO2/c1-14-8-3-2-6(10(16)11(12)13)4-7(8)5-9(14)15/h2-4,11H,5H2,1H3. The van der Waals surface area contributed by atoms with Crippen molar-refractivity contribution in [2.45, 2.75) is 12.8 Å². The second kappa shape index (κ2) is 3.66. The quantitative estimate of drug-likeness (QED) is 0.718. The summed E-state index contributed by atoms with van der Waals surface area (Å²) in [6.07, 6.45) is -2.84. The van der Waals surface area contributed by atoms with Crippen LogP contribution in [0.5, 0.6) is 0 Å². The number of benzene rings is 1. The van der Waals surface area contributed by atoms with Crippen molar-refractivity contribution in [2.24, 2.45) is 0 Å². The van der Waals surface area contributed by atoms with Crippen LogP contribution < -0.4 is 4.90 Å². The first-order valence-corrected chi connectivity index (χ1v) is 4.72. The fourth-order valence-corrected chi connectivity index (χ4v) is 1.75. The molecule has 0 aromatic heterocycles. The molecule has 0 saturated carbocycles. The number of amides is 1. The van der Waals surface area contributed by atoms with E-state index in [1.807, 2.05) is 0 Å². The van der Waals surface area contributed by atoms with Gasteiger partial charge in [-0.05, 0) is 23.8 Å². The summed E-state index contributed by atoms with van der Waals surface area (Å²) in [5, 5.41) is 0. The van der Waals surface area contributed by atoms with Crippen molar-refractivity contribution < 1.29 is 18.4 Å². The zero-order valence-corrected chi connectivity index (χ0v) is 8.54. The maximum absolute atomic E-state index is 12.2. The predicted octanol–water partition coefficient (Wildman–Crippen LogP) is 1.65. The monoisotopic (exact) mass is 225 g/mol. The molecule has 2 rings (SSSR count). The van der Waals surface area contributed by atoms with E-state index in [4.69, 9.17) is 0 Å². The number of carbonyl (C=O) groups is 2. The lowest BCUT2D eigenvalue weighted by molar-refractivity contribution is -0.117. The first-order chi connectivity index (χ1) is 7.50. The van der Waals surface area contributed by atoms with Gasteiger partial charge in [-0.2, -0.15) is 0 Å². The van der Waals surface area contributed by atoms with Gasteiger partial charge in [-0.1, -0.05) is 0 Å². The van der Waals surface area contributed by atoms with E-state index in [2.05, 4.69) is 0 Å². The molecule has 0 radical (unpaired) electrons. The summed E-state index contributed by atoms with van der Waals surface area (Å²) < 4.78 is 24.4. The molecule has 0 atom stereocenters. The summed E-state index contributed by atoms with van der Waals surface area (Å²) in [6.45, 7) is 0. The number of rotatable bonds is 2. The van der Waals surface area contributed by atoms with Gasteiger partial charge in [0.2, 0.25) is 11.7 Å². The third-order valence-corrected chi connectivity index (χ3v) is 2.64. The highest BCUT2D eigenvalue weighted by Gasteiger charge is 2.26. The summed E-state index contributed by atoms with van der Waals surface area (Å²) in [4.78, 5) is 23.8. The molecule has 1 aliphatic rings. The molecule has 5 heteroatoms. The molecule has 1 amide bonds. The van der Waals surface area contributed by atoms with Crippen LogP contribution >= 0.6 is 0 Å². The van der Waals surface area contributed by atoms with Gasteiger partial charge < -0.3 is 4.90 Å². The SMILES string of the molecule is CN1C(=O)Cc2cc(C(=O)C(F)F)ccc21. The minimum Gasteiger partial charge on any atom is -0.315 e. The van der Waals surface area contributed by atoms with Crippen molar-refractivity contribution in [3.63, 3.8) is 0 Å². The van der Waals surface area contributed by atoms with Crippen molar-refractivity contribution in [3.05, 3.63) is 29.3 Å². The second-order valence-corrected chi connectivity index (χ2v) is 3.64. The average Bonchev–Trinajstić information content (AvgIpc) is 2.53. The molecule has 3 nitrogen and oxygen atoms in total. The fourth-order valence-electron chi connectivity index (χ4n) is 1.75. The lowest BCUT2D eigenvalue weighted by Crippen LogP contribution is -2.20. The van der Waals surface area contributed by atoms with Gasteiger partial charge in [0.25, 0.3) is 0 Å². The number of nitrogens with zero attached hydrogens (tertiary/aromatic N) is 1. The Kier molecular flexibility index (Phi) is 2.46. The molecule has 1 aliphatic heterocycles. The zero-order chi connectivity index (χ0) is 11.9. The van der Waals surface area contributed by atoms with E-state index in [1.165, 1.54) is 23.1 Å². The Balaban J connectivity index is 2.39. The van der Waals surface area contributed by atoms with Crippen LogP contribution in [0.4, 0.5) is 14.5 Å². The van der Waals surface area contributed by atoms with Crippen molar-refractivity contribution >= 4 is 17.4 Å². The zero-order valence-electron chi connectivity index (χ0n) is 8.54. The largest absolute Gasteiger partial charge is 0.315 e. The van der Waals surface area contributed by atoms with Crippen LogP contribution in [0.1, 0.15) is 15.9 Å². The molecule has 0 N–H and O–H groups in total. The number of halogens is 2. The summed E-state index contributed by atoms with van der Waals surface area (Å²) >= 11 is 0. The van der Waals surface area contributed by atoms with Crippen molar-refractivity contribution in [1.29, 1.82) is 0 Å². The van der Waals surface area contributed by atoms with Crippen LogP contribution in [-0.4, -0.2) is 25.2 Å². The van der Waals surface area contributed by atoms with Gasteiger partial charge in [-0.15, -0.1) is 0 Å². The molecular weight excluding hydrogens is 216 g/mol. The number of carbonyl (C=O) groups excluding carboxylic acids is 2. The summed E-state index contributed by atoms with van der Waals surface area (Å²) in [7, 11) is 1.61. The van der Waals surface area contributed by atoms with E-state index >= 15 is 0 Å². The Bertz CT molecular complexity index is 471. The molecule has 84 valence electrons. The topological polar surface area (TPSA) is 37.4 Å². The molecule has 1 aromatic rings. The van der Waals surface area contributed by atoms with Crippen molar-refractivity contribution in [3.8, 4) is 0 Å². The minimum absolute atomic E-state index is 0.0446. The van der Waals surface area contributed by atoms with Crippen LogP contribution in [0, 0.1) is 0 Å². The number of fused-ring (bicyclic) bond motifs is 1. The molecule has 0 aliphatic carbocycles. The number of hydrogen-bond acceptors (Lipinski definition) is 2. The highest BCUT2D eigenvalue weighted by Crippen LogP contribution is 2.28. The molecular formula is C11H9F2NO2. The molecule has 1 heterocycles. The second-order valence-electron chi connectivity index (χ2n) is 3.64. The highest BCUT2D eigenvalue weighted by atomic mass is 19.3. The number of Topliss-reactive ketones (excluding diaryl/α,β-unsaturated/α-hetero) is 1. The molecule has 0 unspecified atom stereocenters. The molecule has 0 saturated heterocycles. The fraction of sp³-hybridized carbons (Fsp3) is 0.273. The number of alkyl halides is 2. The normalized spacial score (nSPS) is 14.5. The van der Waals surface area contributed by atoms with Crippen molar-refractivity contribution in [1.82, 2.24) is 0 Å². The van der Waals surface area contributed by atoms with Gasteiger partial charge in [0.1, 0.15) is 0 Å². The minimum atomic E-state index is -3.01. The van der Waals surface area contributed by atoms with Gasteiger partial charge in [-0.25, -0.2) is 8.78 Å². The van der Waals surface area contributed by atoms with Crippen LogP contribution in [0.2, 0.25) is 0 Å². The maximum Gasteiger partial charge on any atom is 0.300 e. The van der Waals surface area contributed by atoms with Crippen LogP contribution in [0.3, 0.4) is 0 Å². The molecule has 1 aromatic carbocycles. The first kappa shape index (κ1) is 10.7. The predicted molar refractivity (Wildman–Crippen MR) is 53.9 cm³/mol. The highest BCUT2D eigenvalue weighted by molar-refractivity contribution is 6.04. The van der Waals surface area contributed by atoms with Crippen LogP contribution in [-0.2, 0) is 11.2 Å². The number of hydrogen-bond donors (Lipinski definition) is 0. The number of likely N-dealkylation sites (N-methyl/N-ethyl adjacent to an activating group) is 1. The lowest BCUT2D eigenvalue weighted by Gasteiger charge is -2.10. The van der Waals surface area contributed by atoms with E-state index in [0.29, 0.717) is 11.3 Å². The Labute approximate surface area is 90.7 Å². The Morgan fingerprint density at radius 1 is 1.44 bits per heavy atom. The van der Waals surface area contributed by atoms with E-state index in [0.717, 1.165) is 0 Å². The van der Waals surface area contributed by atoms with Gasteiger partial charge in [0.05, 0.1) is 6.42 Å². The number of ketones is 1. The summed E-state index contributed by atoms with van der Waals surface area (Å²) in [5.41, 5.74) is 1.26. The average molecular weight is 225 g/mol. The Morgan fingerprint density at radius 2 is 2.12 bits per heavy atom. The van der Waals surface area contributed by atoms with E-state index in [1.54, 1.807) is 7.05 Å². The van der Waals surface area contributed by atoms with E-state index in [9.17, 15) is 18.4 Å². The Hall–Kier alpha value is -1.78. The smallest absolute Gasteiger partial charge is 0.300 e. The van der Waals surface area contributed by atoms with Gasteiger partial charge >= 0.3 is 6.43 Å². The molecule has 0 bridgehead atoms. The summed E-state index contributed by atoms with van der Waals surface area (Å²) in [5.74, 6) is -1.30. The van der Waals surface area contributed by atoms with Crippen molar-refractivity contribution in [2.75, 3.05) is 11.9 Å². The molecule has 0 fully saturated rings. The lowest BCUT2D eigenvalue weighted by atomic mass is 10.1. The van der Waals surface area contributed by atoms with E-state index < -0.39 is 12.2 Å². The molecule has 16 heavy (non-hydrogen) atoms. The Morgan fingerprint density at radius 3 is 2.75 bits per heavy atom. The third-order valence-electron chi connectivity index (χ3n) is 2.64. The number of anilines is 1. The van der Waals surface area contributed by atoms with E-state index in [-0.39, 0.29) is 17.9 Å². The van der Waals surface area contributed by atoms with Crippen LogP contribution in [0.25, 0.3) is 0 Å². The summed E-state index contributed by atoms with van der Waals surface area (Å²) in [6, 6.07) is 4.21. The molecule has 0 spiro atoms. The third kappa shape index (κ3) is 1.58. The van der Waals surface area contributed by atoms with Gasteiger partial charge in [0, 0.05) is 18.3 Å². The maximum atomic E-state index is 12.2.